The Balaban J connectivity index is 1.90. The summed E-state index contributed by atoms with van der Waals surface area (Å²) in [6.45, 7) is 1.40. The number of methoxy groups -OCH3 is 1. The minimum atomic E-state index is -1.08. The molecule has 0 saturated carbocycles. The van der Waals surface area contributed by atoms with E-state index in [-0.39, 0.29) is 10.7 Å². The Labute approximate surface area is 165 Å². The van der Waals surface area contributed by atoms with E-state index in [0.29, 0.717) is 11.1 Å². The zero-order valence-corrected chi connectivity index (χ0v) is 15.8. The van der Waals surface area contributed by atoms with Crippen molar-refractivity contribution in [3.05, 3.63) is 70.5 Å². The van der Waals surface area contributed by atoms with Crippen molar-refractivity contribution >= 4 is 41.2 Å². The normalized spacial score (nSPS) is 11.7. The lowest BCUT2D eigenvalue weighted by Gasteiger charge is -2.12. The average Bonchev–Trinajstić information content (AvgIpc) is 2.69. The van der Waals surface area contributed by atoms with Crippen molar-refractivity contribution < 1.29 is 28.2 Å². The third kappa shape index (κ3) is 5.92. The number of halogens is 2. The molecular formula is C20H17ClFNO5. The molecule has 2 aromatic rings. The van der Waals surface area contributed by atoms with Crippen LogP contribution in [0.5, 0.6) is 0 Å². The third-order valence-electron chi connectivity index (χ3n) is 3.59. The van der Waals surface area contributed by atoms with E-state index in [1.54, 1.807) is 24.3 Å². The van der Waals surface area contributed by atoms with Gasteiger partial charge in [0.05, 0.1) is 17.7 Å². The van der Waals surface area contributed by atoms with Gasteiger partial charge in [0.15, 0.2) is 6.10 Å². The van der Waals surface area contributed by atoms with E-state index in [1.807, 2.05) is 0 Å². The quantitative estimate of drug-likeness (QED) is 0.583. The van der Waals surface area contributed by atoms with Crippen LogP contribution in [-0.4, -0.2) is 31.1 Å². The van der Waals surface area contributed by atoms with E-state index in [1.165, 1.54) is 32.2 Å². The molecule has 2 aromatic carbocycles. The van der Waals surface area contributed by atoms with E-state index in [4.69, 9.17) is 16.3 Å². The van der Waals surface area contributed by atoms with Gasteiger partial charge in [-0.1, -0.05) is 23.7 Å². The number of carbonyl (C=O) groups is 3. The molecular weight excluding hydrogens is 389 g/mol. The zero-order chi connectivity index (χ0) is 20.7. The van der Waals surface area contributed by atoms with Crippen LogP contribution in [0.3, 0.4) is 0 Å². The summed E-state index contributed by atoms with van der Waals surface area (Å²) in [7, 11) is 1.29. The van der Waals surface area contributed by atoms with Gasteiger partial charge >= 0.3 is 11.9 Å². The number of ether oxygens (including phenoxy) is 2. The van der Waals surface area contributed by atoms with Crippen LogP contribution in [-0.2, 0) is 19.1 Å². The predicted octanol–water partition coefficient (Wildman–Crippen LogP) is 3.85. The van der Waals surface area contributed by atoms with Crippen LogP contribution in [0.2, 0.25) is 5.02 Å². The summed E-state index contributed by atoms with van der Waals surface area (Å²) in [4.78, 5) is 35.3. The van der Waals surface area contributed by atoms with Gasteiger partial charge in [-0.3, -0.25) is 4.79 Å². The first-order chi connectivity index (χ1) is 13.3. The van der Waals surface area contributed by atoms with E-state index < -0.39 is 29.8 Å². The van der Waals surface area contributed by atoms with Crippen molar-refractivity contribution in [2.45, 2.75) is 13.0 Å². The zero-order valence-electron chi connectivity index (χ0n) is 15.1. The Kier molecular flexibility index (Phi) is 7.28. The Morgan fingerprint density at radius 2 is 1.82 bits per heavy atom. The van der Waals surface area contributed by atoms with Crippen LogP contribution in [0.1, 0.15) is 22.8 Å². The number of hydrogen-bond donors (Lipinski definition) is 1. The highest BCUT2D eigenvalue weighted by atomic mass is 35.5. The Morgan fingerprint density at radius 1 is 1.14 bits per heavy atom. The lowest BCUT2D eigenvalue weighted by Crippen LogP contribution is -2.29. The van der Waals surface area contributed by atoms with Crippen molar-refractivity contribution in [2.75, 3.05) is 12.4 Å². The Morgan fingerprint density at radius 3 is 2.43 bits per heavy atom. The monoisotopic (exact) mass is 405 g/mol. The second-order valence-electron chi connectivity index (χ2n) is 5.64. The Bertz CT molecular complexity index is 911. The molecule has 0 spiro atoms. The SMILES string of the molecule is COC(=O)c1ccc(/C=C/C(=O)O[C@@H](C)C(=O)Nc2ccc(F)c(Cl)c2)cc1. The van der Waals surface area contributed by atoms with E-state index in [9.17, 15) is 18.8 Å². The molecule has 28 heavy (non-hydrogen) atoms. The summed E-state index contributed by atoms with van der Waals surface area (Å²) in [5, 5.41) is 2.34. The first-order valence-corrected chi connectivity index (χ1v) is 8.51. The van der Waals surface area contributed by atoms with Gasteiger partial charge < -0.3 is 14.8 Å². The van der Waals surface area contributed by atoms with Crippen molar-refractivity contribution in [3.8, 4) is 0 Å². The smallest absolute Gasteiger partial charge is 0.337 e. The highest BCUT2D eigenvalue weighted by molar-refractivity contribution is 6.31. The highest BCUT2D eigenvalue weighted by Gasteiger charge is 2.17. The number of benzene rings is 2. The number of esters is 2. The fraction of sp³-hybridized carbons (Fsp3) is 0.150. The molecule has 0 aliphatic rings. The summed E-state index contributed by atoms with van der Waals surface area (Å²) in [5.41, 5.74) is 1.32. The summed E-state index contributed by atoms with van der Waals surface area (Å²) < 4.78 is 22.7. The van der Waals surface area contributed by atoms with Gasteiger partial charge in [-0.2, -0.15) is 0 Å². The molecule has 1 atom stereocenters. The maximum atomic E-state index is 13.1. The molecule has 0 radical (unpaired) electrons. The summed E-state index contributed by atoms with van der Waals surface area (Å²) in [6, 6.07) is 10.1. The topological polar surface area (TPSA) is 81.7 Å². The van der Waals surface area contributed by atoms with Crippen LogP contribution in [0.15, 0.2) is 48.5 Å². The van der Waals surface area contributed by atoms with Crippen molar-refractivity contribution in [1.82, 2.24) is 0 Å². The predicted molar refractivity (Wildman–Crippen MR) is 102 cm³/mol. The maximum Gasteiger partial charge on any atom is 0.337 e. The molecule has 2 rings (SSSR count). The van der Waals surface area contributed by atoms with Crippen molar-refractivity contribution in [3.63, 3.8) is 0 Å². The second-order valence-corrected chi connectivity index (χ2v) is 6.05. The molecule has 0 fully saturated rings. The van der Waals surface area contributed by atoms with Crippen LogP contribution in [0, 0.1) is 5.82 Å². The molecule has 6 nitrogen and oxygen atoms in total. The van der Waals surface area contributed by atoms with Gasteiger partial charge in [0, 0.05) is 11.8 Å². The van der Waals surface area contributed by atoms with Gasteiger partial charge in [-0.05, 0) is 48.9 Å². The van der Waals surface area contributed by atoms with E-state index >= 15 is 0 Å². The number of rotatable bonds is 6. The van der Waals surface area contributed by atoms with Crippen molar-refractivity contribution in [1.29, 1.82) is 0 Å². The lowest BCUT2D eigenvalue weighted by atomic mass is 10.1. The average molecular weight is 406 g/mol. The van der Waals surface area contributed by atoms with Crippen molar-refractivity contribution in [2.24, 2.45) is 0 Å². The number of nitrogens with one attached hydrogen (secondary N) is 1. The second kappa shape index (κ2) is 9.66. The van der Waals surface area contributed by atoms with Crippen LogP contribution >= 0.6 is 11.6 Å². The molecule has 1 N–H and O–H groups in total. The molecule has 0 saturated heterocycles. The molecule has 0 aliphatic carbocycles. The first-order valence-electron chi connectivity index (χ1n) is 8.13. The highest BCUT2D eigenvalue weighted by Crippen LogP contribution is 2.19. The van der Waals surface area contributed by atoms with Gasteiger partial charge in [0.25, 0.3) is 5.91 Å². The van der Waals surface area contributed by atoms with Gasteiger partial charge in [-0.25, -0.2) is 14.0 Å². The van der Waals surface area contributed by atoms with Gasteiger partial charge in [0.2, 0.25) is 0 Å². The molecule has 0 bridgehead atoms. The third-order valence-corrected chi connectivity index (χ3v) is 3.88. The lowest BCUT2D eigenvalue weighted by molar-refractivity contribution is -0.148. The fourth-order valence-electron chi connectivity index (χ4n) is 2.10. The maximum absolute atomic E-state index is 13.1. The molecule has 0 aromatic heterocycles. The number of anilines is 1. The summed E-state index contributed by atoms with van der Waals surface area (Å²) in [5.74, 6) is -2.38. The van der Waals surface area contributed by atoms with E-state index in [2.05, 4.69) is 10.1 Å². The van der Waals surface area contributed by atoms with Gasteiger partial charge in [-0.15, -0.1) is 0 Å². The van der Waals surface area contributed by atoms with Crippen LogP contribution in [0.4, 0.5) is 10.1 Å². The van der Waals surface area contributed by atoms with Crippen LogP contribution < -0.4 is 5.32 Å². The molecule has 146 valence electrons. The fourth-order valence-corrected chi connectivity index (χ4v) is 2.28. The molecule has 0 heterocycles. The van der Waals surface area contributed by atoms with Gasteiger partial charge in [0.1, 0.15) is 5.82 Å². The molecule has 8 heteroatoms. The largest absolute Gasteiger partial charge is 0.465 e. The first kappa shape index (κ1) is 21.1. The minimum absolute atomic E-state index is 0.136. The molecule has 0 unspecified atom stereocenters. The molecule has 1 amide bonds. The number of hydrogen-bond acceptors (Lipinski definition) is 5. The van der Waals surface area contributed by atoms with E-state index in [0.717, 1.165) is 12.1 Å². The van der Waals surface area contributed by atoms with Crippen LogP contribution in [0.25, 0.3) is 6.08 Å². The minimum Gasteiger partial charge on any atom is -0.465 e. The number of carbonyl (C=O) groups excluding carboxylic acids is 3. The molecule has 0 aliphatic heterocycles. The Hall–Kier alpha value is -3.19. The number of amides is 1. The standard InChI is InChI=1S/C20H17ClFNO5/c1-12(19(25)23-15-8-9-17(22)16(21)11-15)28-18(24)10-5-13-3-6-14(7-4-13)20(26)27-2/h3-12H,1-2H3,(H,23,25)/b10-5+/t12-/m0/s1. The summed E-state index contributed by atoms with van der Waals surface area (Å²) in [6.07, 6.45) is 1.56. The summed E-state index contributed by atoms with van der Waals surface area (Å²) >= 11 is 5.65.